The number of hydrogen-bond acceptors (Lipinski definition) is 3. The molecule has 7 heteroatoms. The van der Waals surface area contributed by atoms with Gasteiger partial charge in [0.25, 0.3) is 0 Å². The molecule has 0 radical (unpaired) electrons. The van der Waals surface area contributed by atoms with Crippen LogP contribution < -0.4 is 4.90 Å². The summed E-state index contributed by atoms with van der Waals surface area (Å²) in [6, 6.07) is 13.9. The Labute approximate surface area is 172 Å². The zero-order valence-corrected chi connectivity index (χ0v) is 17.7. The first-order chi connectivity index (χ1) is 13.3. The highest BCUT2D eigenvalue weighted by Crippen LogP contribution is 2.28. The molecule has 0 spiro atoms. The van der Waals surface area contributed by atoms with Gasteiger partial charge in [0, 0.05) is 23.8 Å². The Morgan fingerprint density at radius 1 is 1.18 bits per heavy atom. The number of carbonyl (C=O) groups excluding carboxylic acids is 1. The first-order valence-corrected chi connectivity index (χ1v) is 11.2. The molecule has 0 N–H and O–H groups in total. The quantitative estimate of drug-likeness (QED) is 0.681. The van der Waals surface area contributed by atoms with Crippen LogP contribution in [0.15, 0.2) is 53.4 Å². The Morgan fingerprint density at radius 2 is 1.93 bits per heavy atom. The number of rotatable bonds is 7. The number of nitrogens with zero attached hydrogens (tertiary/aromatic N) is 2. The predicted molar refractivity (Wildman–Crippen MR) is 112 cm³/mol. The van der Waals surface area contributed by atoms with E-state index in [0.717, 1.165) is 17.7 Å². The summed E-state index contributed by atoms with van der Waals surface area (Å²) in [4.78, 5) is 14.8. The second-order valence-electron chi connectivity index (χ2n) is 7.40. The van der Waals surface area contributed by atoms with Crippen molar-refractivity contribution in [2.24, 2.45) is 5.92 Å². The Morgan fingerprint density at radius 3 is 2.64 bits per heavy atom. The summed E-state index contributed by atoms with van der Waals surface area (Å²) in [6.07, 6.45) is 1.46. The lowest BCUT2D eigenvalue weighted by molar-refractivity contribution is -0.118. The third-order valence-corrected chi connectivity index (χ3v) is 6.97. The number of benzene rings is 2. The molecule has 5 nitrogen and oxygen atoms in total. The molecule has 1 amide bonds. The molecule has 3 rings (SSSR count). The van der Waals surface area contributed by atoms with Crippen LogP contribution in [0.2, 0.25) is 5.02 Å². The maximum absolute atomic E-state index is 13.2. The molecular weight excluding hydrogens is 396 g/mol. The minimum atomic E-state index is -3.82. The van der Waals surface area contributed by atoms with Crippen LogP contribution in [-0.2, 0) is 21.2 Å². The zero-order valence-electron chi connectivity index (χ0n) is 16.1. The van der Waals surface area contributed by atoms with Crippen molar-refractivity contribution in [2.75, 3.05) is 24.5 Å². The fourth-order valence-corrected chi connectivity index (χ4v) is 5.00. The van der Waals surface area contributed by atoms with Gasteiger partial charge in [-0.3, -0.25) is 4.79 Å². The Bertz CT molecular complexity index is 960. The van der Waals surface area contributed by atoms with Gasteiger partial charge in [0.1, 0.15) is 0 Å². The average molecular weight is 421 g/mol. The monoisotopic (exact) mass is 420 g/mol. The fourth-order valence-electron chi connectivity index (χ4n) is 3.30. The zero-order chi connectivity index (χ0) is 20.3. The molecular formula is C21H25ClN2O3S. The van der Waals surface area contributed by atoms with Crippen LogP contribution in [0.3, 0.4) is 0 Å². The summed E-state index contributed by atoms with van der Waals surface area (Å²) in [6.45, 7) is 4.74. The van der Waals surface area contributed by atoms with Crippen LogP contribution >= 0.6 is 11.6 Å². The smallest absolute Gasteiger partial charge is 0.243 e. The van der Waals surface area contributed by atoms with Crippen molar-refractivity contribution in [3.8, 4) is 0 Å². The molecule has 0 saturated carbocycles. The summed E-state index contributed by atoms with van der Waals surface area (Å²) >= 11 is 5.99. The second-order valence-corrected chi connectivity index (χ2v) is 9.78. The van der Waals surface area contributed by atoms with Gasteiger partial charge < -0.3 is 4.90 Å². The van der Waals surface area contributed by atoms with E-state index in [9.17, 15) is 13.2 Å². The molecule has 2 aromatic rings. The number of fused-ring (bicyclic) bond motifs is 1. The van der Waals surface area contributed by atoms with Crippen LogP contribution in [0.25, 0.3) is 0 Å². The lowest BCUT2D eigenvalue weighted by Gasteiger charge is -2.25. The van der Waals surface area contributed by atoms with Crippen LogP contribution in [-0.4, -0.2) is 38.3 Å². The topological polar surface area (TPSA) is 57.7 Å². The van der Waals surface area contributed by atoms with Crippen molar-refractivity contribution in [3.63, 3.8) is 0 Å². The molecule has 0 aliphatic carbocycles. The predicted octanol–water partition coefficient (Wildman–Crippen LogP) is 3.97. The first-order valence-electron chi connectivity index (χ1n) is 9.43. The molecule has 0 bridgehead atoms. The fraction of sp³-hybridized carbons (Fsp3) is 0.381. The number of halogens is 1. The van der Waals surface area contributed by atoms with E-state index in [1.165, 1.54) is 16.4 Å². The van der Waals surface area contributed by atoms with Gasteiger partial charge in [-0.25, -0.2) is 8.42 Å². The van der Waals surface area contributed by atoms with Crippen molar-refractivity contribution in [2.45, 2.75) is 31.6 Å². The van der Waals surface area contributed by atoms with E-state index in [2.05, 4.69) is 0 Å². The number of sulfonamides is 1. The molecule has 0 atom stereocenters. The highest BCUT2D eigenvalue weighted by molar-refractivity contribution is 7.89. The lowest BCUT2D eigenvalue weighted by atomic mass is 10.1. The highest BCUT2D eigenvalue weighted by atomic mass is 35.5. The number of hydrogen-bond donors (Lipinski definition) is 0. The van der Waals surface area contributed by atoms with E-state index in [4.69, 9.17) is 11.6 Å². The maximum atomic E-state index is 13.2. The van der Waals surface area contributed by atoms with E-state index in [1.54, 1.807) is 17.0 Å². The largest absolute Gasteiger partial charge is 0.311 e. The summed E-state index contributed by atoms with van der Waals surface area (Å²) in [5.74, 6) is 0.110. The van der Waals surface area contributed by atoms with E-state index in [-0.39, 0.29) is 23.9 Å². The highest BCUT2D eigenvalue weighted by Gasteiger charge is 2.31. The molecule has 28 heavy (non-hydrogen) atoms. The van der Waals surface area contributed by atoms with E-state index >= 15 is 0 Å². The molecule has 0 fully saturated rings. The summed E-state index contributed by atoms with van der Waals surface area (Å²) < 4.78 is 27.7. The lowest BCUT2D eigenvalue weighted by Crippen LogP contribution is -2.43. The van der Waals surface area contributed by atoms with Crippen molar-refractivity contribution in [3.05, 3.63) is 59.1 Å². The Balaban J connectivity index is 1.85. The van der Waals surface area contributed by atoms with E-state index in [0.29, 0.717) is 23.9 Å². The molecule has 150 valence electrons. The van der Waals surface area contributed by atoms with Crippen molar-refractivity contribution in [1.82, 2.24) is 4.31 Å². The van der Waals surface area contributed by atoms with Crippen LogP contribution in [0.5, 0.6) is 0 Å². The van der Waals surface area contributed by atoms with Crippen molar-refractivity contribution in [1.29, 1.82) is 0 Å². The molecule has 1 heterocycles. The minimum Gasteiger partial charge on any atom is -0.311 e. The van der Waals surface area contributed by atoms with Crippen molar-refractivity contribution >= 4 is 33.2 Å². The van der Waals surface area contributed by atoms with Crippen LogP contribution in [0.4, 0.5) is 5.69 Å². The van der Waals surface area contributed by atoms with Gasteiger partial charge in [0.15, 0.2) is 0 Å². The van der Waals surface area contributed by atoms with E-state index in [1.807, 2.05) is 38.1 Å². The third-order valence-electron chi connectivity index (χ3n) is 4.89. The van der Waals surface area contributed by atoms with Gasteiger partial charge in [0.2, 0.25) is 15.9 Å². The van der Waals surface area contributed by atoms with Crippen molar-refractivity contribution < 1.29 is 13.2 Å². The summed E-state index contributed by atoms with van der Waals surface area (Å²) in [7, 11) is -3.82. The third kappa shape index (κ3) is 4.57. The normalized spacial score (nSPS) is 14.0. The van der Waals surface area contributed by atoms with Gasteiger partial charge in [-0.1, -0.05) is 49.7 Å². The number of anilines is 1. The minimum absolute atomic E-state index is 0.110. The van der Waals surface area contributed by atoms with Gasteiger partial charge in [-0.15, -0.1) is 0 Å². The molecule has 1 aliphatic rings. The second kappa shape index (κ2) is 8.64. The maximum Gasteiger partial charge on any atom is 0.243 e. The first kappa shape index (κ1) is 20.8. The number of amides is 1. The molecule has 1 aliphatic heterocycles. The molecule has 2 aromatic carbocycles. The summed E-state index contributed by atoms with van der Waals surface area (Å²) in [5.41, 5.74) is 1.98. The van der Waals surface area contributed by atoms with Crippen LogP contribution in [0, 0.1) is 5.92 Å². The average Bonchev–Trinajstić information content (AvgIpc) is 3.09. The standard InChI is InChI=1S/C21H25ClN2O3S/c1-16(2)10-12-23(28(26,27)19-8-5-7-18(22)14-19)15-21(25)24-13-11-17-6-3-4-9-20(17)24/h3-9,14,16H,10-13,15H2,1-2H3. The molecule has 0 aromatic heterocycles. The molecule has 0 saturated heterocycles. The summed E-state index contributed by atoms with van der Waals surface area (Å²) in [5, 5.41) is 0.352. The number of carbonyl (C=O) groups is 1. The van der Waals surface area contributed by atoms with Gasteiger partial charge in [0.05, 0.1) is 11.4 Å². The SMILES string of the molecule is CC(C)CCN(CC(=O)N1CCc2ccccc21)S(=O)(=O)c1cccc(Cl)c1. The van der Waals surface area contributed by atoms with Gasteiger partial charge in [-0.05, 0) is 48.6 Å². The van der Waals surface area contributed by atoms with Crippen LogP contribution in [0.1, 0.15) is 25.8 Å². The van der Waals surface area contributed by atoms with Gasteiger partial charge in [-0.2, -0.15) is 4.31 Å². The number of para-hydroxylation sites is 1. The molecule has 0 unspecified atom stereocenters. The van der Waals surface area contributed by atoms with Gasteiger partial charge >= 0.3 is 0 Å². The Hall–Kier alpha value is -1.89. The van der Waals surface area contributed by atoms with E-state index < -0.39 is 10.0 Å². The Kier molecular flexibility index (Phi) is 6.43.